The summed E-state index contributed by atoms with van der Waals surface area (Å²) in [6, 6.07) is 5.86. The van der Waals surface area contributed by atoms with Crippen LogP contribution in [0.3, 0.4) is 0 Å². The Morgan fingerprint density at radius 2 is 2.00 bits per heavy atom. The highest BCUT2D eigenvalue weighted by Gasteiger charge is 2.18. The molecule has 2 N–H and O–H groups in total. The molecule has 0 saturated carbocycles. The van der Waals surface area contributed by atoms with Gasteiger partial charge >= 0.3 is 0 Å². The van der Waals surface area contributed by atoms with Gasteiger partial charge in [-0.25, -0.2) is 9.98 Å². The molecule has 1 aromatic carbocycles. The van der Waals surface area contributed by atoms with Crippen molar-refractivity contribution < 1.29 is 9.47 Å². The highest BCUT2D eigenvalue weighted by Crippen LogP contribution is 2.32. The van der Waals surface area contributed by atoms with Gasteiger partial charge in [0, 0.05) is 35.5 Å². The second-order valence-electron chi connectivity index (χ2n) is 7.43. The van der Waals surface area contributed by atoms with Crippen LogP contribution in [0.4, 0.5) is 5.69 Å². The second-order valence-corrected chi connectivity index (χ2v) is 8.28. The quantitative estimate of drug-likeness (QED) is 0.607. The molecule has 0 amide bonds. The third kappa shape index (κ3) is 5.35. The van der Waals surface area contributed by atoms with Gasteiger partial charge in [-0.2, -0.15) is 0 Å². The number of nitrogens with zero attached hydrogens (tertiary/aromatic N) is 2. The van der Waals surface area contributed by atoms with Crippen molar-refractivity contribution in [2.75, 3.05) is 25.1 Å². The molecule has 1 aliphatic heterocycles. The van der Waals surface area contributed by atoms with Crippen molar-refractivity contribution in [3.8, 4) is 11.5 Å². The van der Waals surface area contributed by atoms with E-state index in [9.17, 15) is 0 Å². The van der Waals surface area contributed by atoms with E-state index in [1.807, 2.05) is 25.1 Å². The number of aliphatic imine (C=N–C) groups is 1. The standard InChI is InChI=1S/C20H28N4O2S/c1-5-21-19(22-12-15-13-27-18(23-15)20(2,3)4)24-14-7-8-16-17(11-14)26-10-6-9-25-16/h7-8,11,13H,5-6,9-10,12H2,1-4H3,(H2,21,22,24). The molecule has 0 fully saturated rings. The monoisotopic (exact) mass is 388 g/mol. The van der Waals surface area contributed by atoms with E-state index < -0.39 is 0 Å². The minimum atomic E-state index is 0.0687. The number of guanidine groups is 1. The Morgan fingerprint density at radius 1 is 1.22 bits per heavy atom. The summed E-state index contributed by atoms with van der Waals surface area (Å²) in [6.07, 6.45) is 0.895. The van der Waals surface area contributed by atoms with Gasteiger partial charge in [0.15, 0.2) is 17.5 Å². The van der Waals surface area contributed by atoms with Crippen molar-refractivity contribution >= 4 is 23.0 Å². The van der Waals surface area contributed by atoms with Gasteiger partial charge < -0.3 is 20.1 Å². The Morgan fingerprint density at radius 3 is 2.70 bits per heavy atom. The number of nitrogens with one attached hydrogen (secondary N) is 2. The molecule has 146 valence electrons. The number of hydrogen-bond donors (Lipinski definition) is 2. The zero-order valence-electron chi connectivity index (χ0n) is 16.5. The molecule has 2 heterocycles. The lowest BCUT2D eigenvalue weighted by atomic mass is 9.98. The van der Waals surface area contributed by atoms with Crippen LogP contribution in [0.25, 0.3) is 0 Å². The first-order valence-electron chi connectivity index (χ1n) is 9.35. The number of ether oxygens (including phenoxy) is 2. The maximum absolute atomic E-state index is 5.76. The zero-order chi connectivity index (χ0) is 19.3. The van der Waals surface area contributed by atoms with Crippen LogP contribution >= 0.6 is 11.3 Å². The minimum absolute atomic E-state index is 0.0687. The van der Waals surface area contributed by atoms with Crippen LogP contribution in [-0.4, -0.2) is 30.7 Å². The van der Waals surface area contributed by atoms with Crippen molar-refractivity contribution in [1.82, 2.24) is 10.3 Å². The highest BCUT2D eigenvalue weighted by molar-refractivity contribution is 7.09. The first-order chi connectivity index (χ1) is 13.0. The molecule has 0 unspecified atom stereocenters. The topological polar surface area (TPSA) is 67.8 Å². The van der Waals surface area contributed by atoms with E-state index in [1.165, 1.54) is 0 Å². The van der Waals surface area contributed by atoms with Crippen molar-refractivity contribution in [3.05, 3.63) is 34.3 Å². The maximum Gasteiger partial charge on any atom is 0.196 e. The molecule has 0 aliphatic carbocycles. The third-order valence-corrected chi connectivity index (χ3v) is 5.26. The molecule has 27 heavy (non-hydrogen) atoms. The molecule has 1 aromatic heterocycles. The van der Waals surface area contributed by atoms with Crippen LogP contribution in [0.5, 0.6) is 11.5 Å². The summed E-state index contributed by atoms with van der Waals surface area (Å²) < 4.78 is 11.4. The fourth-order valence-electron chi connectivity index (χ4n) is 2.57. The molecule has 0 spiro atoms. The predicted octanol–water partition coefficient (Wildman–Crippen LogP) is 4.18. The van der Waals surface area contributed by atoms with E-state index in [0.717, 1.165) is 46.8 Å². The first kappa shape index (κ1) is 19.5. The molecule has 2 aromatic rings. The lowest BCUT2D eigenvalue weighted by molar-refractivity contribution is 0.297. The Labute approximate surface area is 165 Å². The fraction of sp³-hybridized carbons (Fsp3) is 0.500. The molecule has 0 saturated heterocycles. The van der Waals surface area contributed by atoms with Gasteiger partial charge in [-0.3, -0.25) is 0 Å². The molecule has 7 heteroatoms. The van der Waals surface area contributed by atoms with Gasteiger partial charge in [-0.05, 0) is 19.1 Å². The van der Waals surface area contributed by atoms with Gasteiger partial charge in [-0.15, -0.1) is 11.3 Å². The van der Waals surface area contributed by atoms with Crippen molar-refractivity contribution in [3.63, 3.8) is 0 Å². The summed E-state index contributed by atoms with van der Waals surface area (Å²) in [5, 5.41) is 9.83. The second kappa shape index (κ2) is 8.61. The van der Waals surface area contributed by atoms with Crippen LogP contribution in [0.15, 0.2) is 28.6 Å². The predicted molar refractivity (Wildman–Crippen MR) is 111 cm³/mol. The Hall–Kier alpha value is -2.28. The number of rotatable bonds is 4. The molecule has 6 nitrogen and oxygen atoms in total. The van der Waals surface area contributed by atoms with E-state index in [-0.39, 0.29) is 5.41 Å². The van der Waals surface area contributed by atoms with E-state index in [0.29, 0.717) is 19.8 Å². The highest BCUT2D eigenvalue weighted by atomic mass is 32.1. The van der Waals surface area contributed by atoms with Crippen molar-refractivity contribution in [2.45, 2.75) is 46.1 Å². The third-order valence-electron chi connectivity index (χ3n) is 3.95. The Balaban J connectivity index is 1.71. The van der Waals surface area contributed by atoms with Gasteiger partial charge in [0.25, 0.3) is 0 Å². The van der Waals surface area contributed by atoms with Gasteiger partial charge in [0.05, 0.1) is 30.5 Å². The van der Waals surface area contributed by atoms with Crippen LogP contribution in [0, 0.1) is 0 Å². The molecule has 0 radical (unpaired) electrons. The van der Waals surface area contributed by atoms with E-state index in [2.05, 4.69) is 41.8 Å². The van der Waals surface area contributed by atoms with E-state index in [4.69, 9.17) is 14.5 Å². The SMILES string of the molecule is CCNC(=NCc1csc(C(C)(C)C)n1)Nc1ccc2c(c1)OCCCO2. The zero-order valence-corrected chi connectivity index (χ0v) is 17.3. The summed E-state index contributed by atoms with van der Waals surface area (Å²) in [6.45, 7) is 11.2. The number of anilines is 1. The lowest BCUT2D eigenvalue weighted by Gasteiger charge is -2.14. The molecule has 1 aliphatic rings. The minimum Gasteiger partial charge on any atom is -0.490 e. The molecule has 3 rings (SSSR count). The molecular formula is C20H28N4O2S. The largest absolute Gasteiger partial charge is 0.490 e. The number of fused-ring (bicyclic) bond motifs is 1. The summed E-state index contributed by atoms with van der Waals surface area (Å²) in [4.78, 5) is 9.38. The number of thiazole rings is 1. The summed E-state index contributed by atoms with van der Waals surface area (Å²) in [5.41, 5.74) is 1.97. The fourth-order valence-corrected chi connectivity index (χ4v) is 3.47. The van der Waals surface area contributed by atoms with E-state index >= 15 is 0 Å². The Bertz CT molecular complexity index is 796. The Kier molecular flexibility index (Phi) is 6.21. The van der Waals surface area contributed by atoms with Gasteiger partial charge in [-0.1, -0.05) is 20.8 Å². The molecular weight excluding hydrogens is 360 g/mol. The lowest BCUT2D eigenvalue weighted by Crippen LogP contribution is -2.30. The molecule has 0 bridgehead atoms. The average Bonchev–Trinajstić information content (AvgIpc) is 2.99. The van der Waals surface area contributed by atoms with Crippen LogP contribution in [0.2, 0.25) is 0 Å². The smallest absolute Gasteiger partial charge is 0.196 e. The van der Waals surface area contributed by atoms with Crippen molar-refractivity contribution in [1.29, 1.82) is 0 Å². The van der Waals surface area contributed by atoms with Gasteiger partial charge in [0.1, 0.15) is 0 Å². The van der Waals surface area contributed by atoms with Crippen molar-refractivity contribution in [2.24, 2.45) is 4.99 Å². The van der Waals surface area contributed by atoms with Crippen LogP contribution < -0.4 is 20.1 Å². The van der Waals surface area contributed by atoms with Crippen LogP contribution in [0.1, 0.15) is 44.8 Å². The van der Waals surface area contributed by atoms with E-state index in [1.54, 1.807) is 11.3 Å². The number of benzene rings is 1. The van der Waals surface area contributed by atoms with Crippen LogP contribution in [-0.2, 0) is 12.0 Å². The molecule has 0 atom stereocenters. The summed E-state index contributed by atoms with van der Waals surface area (Å²) in [7, 11) is 0. The van der Waals surface area contributed by atoms with Gasteiger partial charge in [0.2, 0.25) is 0 Å². The number of hydrogen-bond acceptors (Lipinski definition) is 5. The first-order valence-corrected chi connectivity index (χ1v) is 10.2. The normalized spacial score (nSPS) is 14.6. The average molecular weight is 389 g/mol. The maximum atomic E-state index is 5.76. The summed E-state index contributed by atoms with van der Waals surface area (Å²) in [5.74, 6) is 2.28. The summed E-state index contributed by atoms with van der Waals surface area (Å²) >= 11 is 1.69. The number of aromatic nitrogens is 1.